The topological polar surface area (TPSA) is 117 Å². The minimum absolute atomic E-state index is 0.0916. The summed E-state index contributed by atoms with van der Waals surface area (Å²) in [5.74, 6) is -0.104. The Labute approximate surface area is 230 Å². The molecule has 0 bridgehead atoms. The Hall–Kier alpha value is -4.96. The summed E-state index contributed by atoms with van der Waals surface area (Å²) in [6.07, 6.45) is 1.40. The van der Waals surface area contributed by atoms with Gasteiger partial charge in [0.15, 0.2) is 5.82 Å². The summed E-state index contributed by atoms with van der Waals surface area (Å²) in [7, 11) is 0. The van der Waals surface area contributed by atoms with Crippen molar-refractivity contribution in [2.24, 2.45) is 5.10 Å². The first-order valence-corrected chi connectivity index (χ1v) is 12.5. The van der Waals surface area contributed by atoms with Gasteiger partial charge >= 0.3 is 5.97 Å². The molecule has 39 heavy (non-hydrogen) atoms. The summed E-state index contributed by atoms with van der Waals surface area (Å²) in [5.41, 5.74) is 2.23. The molecule has 5 rings (SSSR count). The number of fused-ring (bicyclic) bond motifs is 1. The highest BCUT2D eigenvalue weighted by Crippen LogP contribution is 2.25. The predicted molar refractivity (Wildman–Crippen MR) is 151 cm³/mol. The molecule has 0 saturated heterocycles. The maximum atomic E-state index is 13.5. The monoisotopic (exact) mass is 582 g/mol. The molecule has 192 valence electrons. The zero-order chi connectivity index (χ0) is 27.5. The molecule has 0 fully saturated rings. The lowest BCUT2D eigenvalue weighted by Gasteiger charge is -2.11. The fraction of sp³-hybridized carbons (Fsp3) is 0.0345. The highest BCUT2D eigenvalue weighted by molar-refractivity contribution is 9.10. The SMILES string of the molecule is Cc1ccc(C(=O)Oc2ccc(Br)cc2C=Nn2c(-c3ccc([N+](=O)[O-])cc3)nc3ccccc3c2=O)cc1. The number of halogens is 1. The third kappa shape index (κ3) is 5.51. The highest BCUT2D eigenvalue weighted by Gasteiger charge is 2.15. The maximum absolute atomic E-state index is 13.5. The molecule has 10 heteroatoms. The van der Waals surface area contributed by atoms with Crippen LogP contribution in [0.2, 0.25) is 0 Å². The lowest BCUT2D eigenvalue weighted by atomic mass is 10.1. The number of nitrogens with zero attached hydrogens (tertiary/aromatic N) is 4. The first-order chi connectivity index (χ1) is 18.8. The third-order valence-corrected chi connectivity index (χ3v) is 6.36. The van der Waals surface area contributed by atoms with Gasteiger partial charge < -0.3 is 4.74 Å². The molecular weight excluding hydrogens is 564 g/mol. The van der Waals surface area contributed by atoms with Crippen LogP contribution < -0.4 is 10.3 Å². The van der Waals surface area contributed by atoms with E-state index in [2.05, 4.69) is 26.0 Å². The summed E-state index contributed by atoms with van der Waals surface area (Å²) in [5, 5.41) is 15.9. The molecule has 5 aromatic rings. The fourth-order valence-electron chi connectivity index (χ4n) is 3.83. The smallest absolute Gasteiger partial charge is 0.343 e. The minimum Gasteiger partial charge on any atom is -0.422 e. The molecule has 0 aliphatic heterocycles. The Morgan fingerprint density at radius 1 is 1.03 bits per heavy atom. The summed E-state index contributed by atoms with van der Waals surface area (Å²) in [4.78, 5) is 41.5. The van der Waals surface area contributed by atoms with Crippen molar-refractivity contribution < 1.29 is 14.5 Å². The summed E-state index contributed by atoms with van der Waals surface area (Å²) < 4.78 is 7.48. The van der Waals surface area contributed by atoms with Crippen LogP contribution in [0.15, 0.2) is 105 Å². The minimum atomic E-state index is -0.539. The number of esters is 1. The average Bonchev–Trinajstić information content (AvgIpc) is 2.94. The summed E-state index contributed by atoms with van der Waals surface area (Å²) >= 11 is 3.42. The number of non-ortho nitro benzene ring substituents is 1. The Bertz CT molecular complexity index is 1810. The molecule has 0 saturated carbocycles. The maximum Gasteiger partial charge on any atom is 0.343 e. The Morgan fingerprint density at radius 2 is 1.74 bits per heavy atom. The largest absolute Gasteiger partial charge is 0.422 e. The van der Waals surface area contributed by atoms with Crippen molar-refractivity contribution in [3.63, 3.8) is 0 Å². The fourth-order valence-corrected chi connectivity index (χ4v) is 4.21. The van der Waals surface area contributed by atoms with Crippen LogP contribution >= 0.6 is 15.9 Å². The van der Waals surface area contributed by atoms with Gasteiger partial charge in [0.2, 0.25) is 0 Å². The third-order valence-electron chi connectivity index (χ3n) is 5.86. The van der Waals surface area contributed by atoms with Gasteiger partial charge in [-0.05, 0) is 61.5 Å². The quantitative estimate of drug-likeness (QED) is 0.0779. The zero-order valence-corrected chi connectivity index (χ0v) is 22.0. The summed E-state index contributed by atoms with van der Waals surface area (Å²) in [6.45, 7) is 1.92. The molecule has 0 amide bonds. The van der Waals surface area contributed by atoms with Crippen LogP contribution in [0.4, 0.5) is 5.69 Å². The highest BCUT2D eigenvalue weighted by atomic mass is 79.9. The number of para-hydroxylation sites is 1. The van der Waals surface area contributed by atoms with E-state index < -0.39 is 16.5 Å². The van der Waals surface area contributed by atoms with E-state index in [1.807, 2.05) is 19.1 Å². The van der Waals surface area contributed by atoms with Crippen molar-refractivity contribution in [1.29, 1.82) is 0 Å². The van der Waals surface area contributed by atoms with Crippen LogP contribution in [0.1, 0.15) is 21.5 Å². The Kier molecular flexibility index (Phi) is 7.11. The van der Waals surface area contributed by atoms with E-state index in [9.17, 15) is 19.7 Å². The van der Waals surface area contributed by atoms with Gasteiger partial charge in [-0.3, -0.25) is 14.9 Å². The average molecular weight is 583 g/mol. The number of hydrogen-bond donors (Lipinski definition) is 0. The Morgan fingerprint density at radius 3 is 2.46 bits per heavy atom. The standard InChI is InChI=1S/C29H19BrN4O5/c1-18-6-8-20(9-7-18)29(36)39-26-15-12-22(30)16-21(26)17-31-33-27(19-10-13-23(14-11-19)34(37)38)32-25-5-3-2-4-24(25)28(33)35/h2-17H,1H3. The van der Waals surface area contributed by atoms with Crippen molar-refractivity contribution in [1.82, 2.24) is 9.66 Å². The van der Waals surface area contributed by atoms with Crippen molar-refractivity contribution in [3.8, 4) is 17.1 Å². The van der Waals surface area contributed by atoms with Gasteiger partial charge in [-0.15, -0.1) is 0 Å². The van der Waals surface area contributed by atoms with Gasteiger partial charge in [0.25, 0.3) is 11.2 Å². The molecule has 1 heterocycles. The molecule has 0 N–H and O–H groups in total. The van der Waals surface area contributed by atoms with Gasteiger partial charge in [0, 0.05) is 27.7 Å². The molecule has 9 nitrogen and oxygen atoms in total. The van der Waals surface area contributed by atoms with E-state index in [-0.39, 0.29) is 17.3 Å². The van der Waals surface area contributed by atoms with E-state index in [1.165, 1.54) is 30.5 Å². The number of ether oxygens (including phenoxy) is 1. The number of aryl methyl sites for hydroxylation is 1. The second-order valence-corrected chi connectivity index (χ2v) is 9.47. The predicted octanol–water partition coefficient (Wildman–Crippen LogP) is 6.14. The Balaban J connectivity index is 1.59. The number of hydrogen-bond acceptors (Lipinski definition) is 7. The van der Waals surface area contributed by atoms with E-state index in [0.717, 1.165) is 10.2 Å². The van der Waals surface area contributed by atoms with Gasteiger partial charge in [-0.1, -0.05) is 45.8 Å². The lowest BCUT2D eigenvalue weighted by molar-refractivity contribution is -0.384. The normalized spacial score (nSPS) is 11.1. The van der Waals surface area contributed by atoms with Gasteiger partial charge in [-0.2, -0.15) is 9.78 Å². The second-order valence-electron chi connectivity index (χ2n) is 8.56. The van der Waals surface area contributed by atoms with E-state index in [1.54, 1.807) is 54.6 Å². The van der Waals surface area contributed by atoms with Crippen LogP contribution in [-0.2, 0) is 0 Å². The van der Waals surface area contributed by atoms with Crippen LogP contribution in [0, 0.1) is 17.0 Å². The number of nitro benzene ring substituents is 1. The number of carbonyl (C=O) groups excluding carboxylic acids is 1. The van der Waals surface area contributed by atoms with E-state index in [4.69, 9.17) is 4.74 Å². The van der Waals surface area contributed by atoms with E-state index in [0.29, 0.717) is 32.1 Å². The molecule has 0 unspecified atom stereocenters. The van der Waals surface area contributed by atoms with Gasteiger partial charge in [0.05, 0.1) is 27.6 Å². The first-order valence-electron chi connectivity index (χ1n) is 11.7. The van der Waals surface area contributed by atoms with Crippen LogP contribution in [0.25, 0.3) is 22.3 Å². The van der Waals surface area contributed by atoms with Crippen LogP contribution in [0.5, 0.6) is 5.75 Å². The van der Waals surface area contributed by atoms with Crippen molar-refractivity contribution >= 4 is 44.7 Å². The number of nitro groups is 1. The van der Waals surface area contributed by atoms with E-state index >= 15 is 0 Å². The van der Waals surface area contributed by atoms with Crippen LogP contribution in [-0.4, -0.2) is 26.8 Å². The van der Waals surface area contributed by atoms with Crippen molar-refractivity contribution in [3.05, 3.63) is 133 Å². The van der Waals surface area contributed by atoms with Gasteiger partial charge in [-0.25, -0.2) is 9.78 Å². The zero-order valence-electron chi connectivity index (χ0n) is 20.4. The lowest BCUT2D eigenvalue weighted by Crippen LogP contribution is -2.20. The molecule has 0 aliphatic carbocycles. The second kappa shape index (κ2) is 10.8. The van der Waals surface area contributed by atoms with Crippen molar-refractivity contribution in [2.45, 2.75) is 6.92 Å². The molecule has 1 aromatic heterocycles. The number of aromatic nitrogens is 2. The molecular formula is C29H19BrN4O5. The first kappa shape index (κ1) is 25.7. The molecule has 0 radical (unpaired) electrons. The van der Waals surface area contributed by atoms with Crippen LogP contribution in [0.3, 0.4) is 0 Å². The van der Waals surface area contributed by atoms with Crippen molar-refractivity contribution in [2.75, 3.05) is 0 Å². The number of carbonyl (C=O) groups is 1. The molecule has 0 atom stereocenters. The van der Waals surface area contributed by atoms with Gasteiger partial charge in [0.1, 0.15) is 5.75 Å². The number of rotatable bonds is 6. The summed E-state index contributed by atoms with van der Waals surface area (Å²) in [6, 6.07) is 24.6. The molecule has 0 spiro atoms. The number of benzene rings is 4. The molecule has 4 aromatic carbocycles. The molecule has 0 aliphatic rings.